The summed E-state index contributed by atoms with van der Waals surface area (Å²) in [4.78, 5) is 26.5. The summed E-state index contributed by atoms with van der Waals surface area (Å²) in [6.45, 7) is 6.74. The molecule has 20 heavy (non-hydrogen) atoms. The second kappa shape index (κ2) is 8.09. The minimum absolute atomic E-state index is 0.207. The Labute approximate surface area is 121 Å². The lowest BCUT2D eigenvalue weighted by Gasteiger charge is -2.32. The van der Waals surface area contributed by atoms with Gasteiger partial charge in [0.25, 0.3) is 0 Å². The van der Waals surface area contributed by atoms with E-state index in [0.717, 1.165) is 13.1 Å². The average molecular weight is 285 g/mol. The van der Waals surface area contributed by atoms with Crippen LogP contribution in [0.4, 0.5) is 4.79 Å². The van der Waals surface area contributed by atoms with Gasteiger partial charge in [0.1, 0.15) is 0 Å². The Kier molecular flexibility index (Phi) is 6.78. The van der Waals surface area contributed by atoms with Crippen molar-refractivity contribution in [3.8, 4) is 0 Å². The van der Waals surface area contributed by atoms with Crippen LogP contribution in [0.25, 0.3) is 0 Å². The fourth-order valence-electron chi connectivity index (χ4n) is 2.43. The van der Waals surface area contributed by atoms with Crippen molar-refractivity contribution in [1.29, 1.82) is 0 Å². The molecule has 0 aliphatic carbocycles. The molecule has 0 aromatic heterocycles. The first kappa shape index (κ1) is 16.8. The highest BCUT2D eigenvalue weighted by molar-refractivity contribution is 5.75. The van der Waals surface area contributed by atoms with E-state index in [9.17, 15) is 9.59 Å². The van der Waals surface area contributed by atoms with E-state index in [2.05, 4.69) is 17.1 Å². The highest BCUT2D eigenvalue weighted by atomic mass is 16.4. The number of amides is 2. The van der Waals surface area contributed by atoms with Gasteiger partial charge in [0.2, 0.25) is 0 Å². The van der Waals surface area contributed by atoms with Gasteiger partial charge in [-0.2, -0.15) is 0 Å². The van der Waals surface area contributed by atoms with Crippen LogP contribution < -0.4 is 5.32 Å². The fraction of sp³-hybridized carbons (Fsp3) is 0.857. The molecule has 1 aliphatic rings. The number of hydrogen-bond donors (Lipinski definition) is 2. The molecule has 2 atom stereocenters. The Bertz CT molecular complexity index is 330. The molecule has 1 rings (SSSR count). The molecule has 1 fully saturated rings. The van der Waals surface area contributed by atoms with Crippen LogP contribution >= 0.6 is 0 Å². The molecule has 0 radical (unpaired) electrons. The van der Waals surface area contributed by atoms with Crippen LogP contribution in [0.1, 0.15) is 33.1 Å². The quantitative estimate of drug-likeness (QED) is 0.769. The van der Waals surface area contributed by atoms with Crippen LogP contribution in [-0.2, 0) is 4.79 Å². The van der Waals surface area contributed by atoms with Crippen molar-refractivity contribution < 1.29 is 14.7 Å². The number of rotatable bonds is 6. The molecule has 116 valence electrons. The van der Waals surface area contributed by atoms with Gasteiger partial charge < -0.3 is 15.3 Å². The predicted octanol–water partition coefficient (Wildman–Crippen LogP) is 1.22. The van der Waals surface area contributed by atoms with Crippen molar-refractivity contribution in [2.75, 3.05) is 33.2 Å². The van der Waals surface area contributed by atoms with Crippen molar-refractivity contribution >= 4 is 12.0 Å². The van der Waals surface area contributed by atoms with Gasteiger partial charge in [-0.3, -0.25) is 9.69 Å². The minimum atomic E-state index is -0.883. The normalized spacial score (nSPS) is 19.1. The molecule has 0 aromatic carbocycles. The molecule has 1 aliphatic heterocycles. The molecular weight excluding hydrogens is 258 g/mol. The Morgan fingerprint density at radius 3 is 2.40 bits per heavy atom. The first-order valence-corrected chi connectivity index (χ1v) is 7.37. The number of carbonyl (C=O) groups excluding carboxylic acids is 1. The molecule has 0 spiro atoms. The van der Waals surface area contributed by atoms with E-state index < -0.39 is 11.9 Å². The van der Waals surface area contributed by atoms with Crippen LogP contribution in [0, 0.1) is 5.92 Å². The third-order valence-corrected chi connectivity index (χ3v) is 3.88. The van der Waals surface area contributed by atoms with Gasteiger partial charge >= 0.3 is 12.0 Å². The van der Waals surface area contributed by atoms with Crippen molar-refractivity contribution in [1.82, 2.24) is 15.1 Å². The third-order valence-electron chi connectivity index (χ3n) is 3.88. The second-order valence-electron chi connectivity index (χ2n) is 5.75. The van der Waals surface area contributed by atoms with E-state index in [0.29, 0.717) is 12.6 Å². The molecule has 0 aromatic rings. The molecule has 2 N–H and O–H groups in total. The van der Waals surface area contributed by atoms with Gasteiger partial charge in [-0.25, -0.2) is 4.79 Å². The topological polar surface area (TPSA) is 72.9 Å². The van der Waals surface area contributed by atoms with Gasteiger partial charge in [0, 0.05) is 26.2 Å². The van der Waals surface area contributed by atoms with Crippen LogP contribution in [0.3, 0.4) is 0 Å². The molecule has 0 saturated carbocycles. The molecule has 2 unspecified atom stereocenters. The molecule has 6 heteroatoms. The monoisotopic (exact) mass is 285 g/mol. The Morgan fingerprint density at radius 2 is 1.85 bits per heavy atom. The summed E-state index contributed by atoms with van der Waals surface area (Å²) in [6.07, 6.45) is 3.76. The summed E-state index contributed by atoms with van der Waals surface area (Å²) in [5.41, 5.74) is 0. The van der Waals surface area contributed by atoms with E-state index in [1.807, 2.05) is 0 Å². The van der Waals surface area contributed by atoms with Crippen molar-refractivity contribution in [3.05, 3.63) is 0 Å². The molecule has 2 amide bonds. The number of nitrogens with zero attached hydrogens (tertiary/aromatic N) is 2. The summed E-state index contributed by atoms with van der Waals surface area (Å²) in [7, 11) is 1.63. The summed E-state index contributed by atoms with van der Waals surface area (Å²) in [5.74, 6) is -1.43. The number of piperidine rings is 1. The second-order valence-corrected chi connectivity index (χ2v) is 5.75. The van der Waals surface area contributed by atoms with Gasteiger partial charge in [0.05, 0.1) is 5.92 Å². The highest BCUT2D eigenvalue weighted by Gasteiger charge is 2.20. The number of urea groups is 1. The van der Waals surface area contributed by atoms with Gasteiger partial charge in [-0.1, -0.05) is 13.3 Å². The summed E-state index contributed by atoms with van der Waals surface area (Å²) in [6, 6.07) is 0.117. The van der Waals surface area contributed by atoms with Gasteiger partial charge in [0.15, 0.2) is 0 Å². The fourth-order valence-corrected chi connectivity index (χ4v) is 2.43. The number of nitrogens with one attached hydrogen (secondary N) is 1. The van der Waals surface area contributed by atoms with Crippen molar-refractivity contribution in [2.24, 2.45) is 5.92 Å². The molecule has 1 heterocycles. The maximum Gasteiger partial charge on any atom is 0.317 e. The summed E-state index contributed by atoms with van der Waals surface area (Å²) < 4.78 is 0. The number of carbonyl (C=O) groups is 2. The minimum Gasteiger partial charge on any atom is -0.481 e. The number of carboxylic acid groups (broad SMARTS) is 1. The van der Waals surface area contributed by atoms with Crippen LogP contribution in [-0.4, -0.2) is 66.2 Å². The van der Waals surface area contributed by atoms with Crippen molar-refractivity contribution in [3.63, 3.8) is 0 Å². The van der Waals surface area contributed by atoms with E-state index in [4.69, 9.17) is 5.11 Å². The smallest absolute Gasteiger partial charge is 0.317 e. The zero-order valence-corrected chi connectivity index (χ0v) is 12.8. The van der Waals surface area contributed by atoms with Crippen LogP contribution in [0.5, 0.6) is 0 Å². The number of carboxylic acids is 1. The molecular formula is C14H27N3O3. The van der Waals surface area contributed by atoms with Crippen molar-refractivity contribution in [2.45, 2.75) is 39.2 Å². The van der Waals surface area contributed by atoms with E-state index in [1.54, 1.807) is 14.0 Å². The van der Waals surface area contributed by atoms with Crippen LogP contribution in [0.15, 0.2) is 0 Å². The average Bonchev–Trinajstić information content (AvgIpc) is 2.44. The number of hydrogen-bond acceptors (Lipinski definition) is 3. The zero-order valence-electron chi connectivity index (χ0n) is 12.8. The standard InChI is InChI=1S/C14H27N3O3/c1-11(13(18)19)10-16(3)14(20)15-9-12(2)17-7-5-4-6-8-17/h11-12H,4-10H2,1-3H3,(H,15,20)(H,18,19). The zero-order chi connectivity index (χ0) is 15.1. The lowest BCUT2D eigenvalue weighted by atomic mass is 10.1. The lowest BCUT2D eigenvalue weighted by molar-refractivity contribution is -0.141. The Hall–Kier alpha value is -1.30. The SMILES string of the molecule is CC(CN(C)C(=O)NCC(C)N1CCCCC1)C(=O)O. The maximum atomic E-state index is 11.9. The Morgan fingerprint density at radius 1 is 1.25 bits per heavy atom. The maximum absolute atomic E-state index is 11.9. The van der Waals surface area contributed by atoms with E-state index in [1.165, 1.54) is 24.2 Å². The predicted molar refractivity (Wildman–Crippen MR) is 77.7 cm³/mol. The first-order valence-electron chi connectivity index (χ1n) is 7.37. The largest absolute Gasteiger partial charge is 0.481 e. The highest BCUT2D eigenvalue weighted by Crippen LogP contribution is 2.11. The summed E-state index contributed by atoms with van der Waals surface area (Å²) >= 11 is 0. The lowest BCUT2D eigenvalue weighted by Crippen LogP contribution is -2.48. The summed E-state index contributed by atoms with van der Waals surface area (Å²) in [5, 5.41) is 11.7. The number of aliphatic carboxylic acids is 1. The number of likely N-dealkylation sites (tertiary alicyclic amines) is 1. The third kappa shape index (κ3) is 5.36. The Balaban J connectivity index is 2.29. The van der Waals surface area contributed by atoms with Crippen LogP contribution in [0.2, 0.25) is 0 Å². The van der Waals surface area contributed by atoms with E-state index >= 15 is 0 Å². The molecule has 0 bridgehead atoms. The van der Waals surface area contributed by atoms with Gasteiger partial charge in [-0.05, 0) is 32.9 Å². The first-order chi connectivity index (χ1) is 9.41. The molecule has 6 nitrogen and oxygen atoms in total. The van der Waals surface area contributed by atoms with Gasteiger partial charge in [-0.15, -0.1) is 0 Å². The van der Waals surface area contributed by atoms with E-state index in [-0.39, 0.29) is 12.6 Å². The molecule has 1 saturated heterocycles.